The van der Waals surface area contributed by atoms with Crippen LogP contribution in [0.15, 0.2) is 0 Å². The molecule has 1 saturated heterocycles. The van der Waals surface area contributed by atoms with Crippen molar-refractivity contribution in [3.8, 4) is 0 Å². The normalized spacial score (nSPS) is 21.1. The number of carbonyl (C=O) groups is 1. The van der Waals surface area contributed by atoms with Gasteiger partial charge in [0.2, 0.25) is 0 Å². The lowest BCUT2D eigenvalue weighted by atomic mass is 10.1. The summed E-state index contributed by atoms with van der Waals surface area (Å²) in [5.41, 5.74) is 0. The highest BCUT2D eigenvalue weighted by Gasteiger charge is 2.18. The summed E-state index contributed by atoms with van der Waals surface area (Å²) in [6, 6.07) is 0. The summed E-state index contributed by atoms with van der Waals surface area (Å²) >= 11 is 0. The molecule has 1 fully saturated rings. The first-order chi connectivity index (χ1) is 6.83. The smallest absolute Gasteiger partial charge is 0.306 e. The summed E-state index contributed by atoms with van der Waals surface area (Å²) in [6.07, 6.45) is 2.43. The topological polar surface area (TPSA) is 47.6 Å². The second kappa shape index (κ2) is 6.79. The monoisotopic (exact) mass is 201 g/mol. The molecule has 1 aliphatic rings. The van der Waals surface area contributed by atoms with Crippen molar-refractivity contribution in [3.05, 3.63) is 0 Å². The molecule has 0 bridgehead atoms. The third-order valence-electron chi connectivity index (χ3n) is 2.37. The van der Waals surface area contributed by atoms with Crippen LogP contribution in [-0.2, 0) is 14.3 Å². The molecule has 0 aromatic heterocycles. The first-order valence-electron chi connectivity index (χ1n) is 5.18. The molecule has 0 aromatic rings. The van der Waals surface area contributed by atoms with E-state index in [2.05, 4.69) is 5.32 Å². The summed E-state index contributed by atoms with van der Waals surface area (Å²) in [7, 11) is 1.64. The zero-order valence-corrected chi connectivity index (χ0v) is 8.75. The highest BCUT2D eigenvalue weighted by molar-refractivity contribution is 5.69. The van der Waals surface area contributed by atoms with E-state index in [0.29, 0.717) is 25.6 Å². The first-order valence-corrected chi connectivity index (χ1v) is 5.18. The highest BCUT2D eigenvalue weighted by Crippen LogP contribution is 2.12. The quantitative estimate of drug-likeness (QED) is 0.504. The lowest BCUT2D eigenvalue weighted by molar-refractivity contribution is -0.144. The number of rotatable bonds is 6. The molecule has 14 heavy (non-hydrogen) atoms. The average Bonchev–Trinajstić information content (AvgIpc) is 2.65. The Morgan fingerprint density at radius 2 is 2.36 bits per heavy atom. The van der Waals surface area contributed by atoms with E-state index in [0.717, 1.165) is 25.9 Å². The van der Waals surface area contributed by atoms with Gasteiger partial charge in [-0.1, -0.05) is 0 Å². The molecule has 0 amide bonds. The van der Waals surface area contributed by atoms with Crippen LogP contribution in [0.1, 0.15) is 19.3 Å². The molecule has 0 aromatic carbocycles. The maximum atomic E-state index is 11.3. The fraction of sp³-hybridized carbons (Fsp3) is 0.900. The van der Waals surface area contributed by atoms with Gasteiger partial charge in [-0.15, -0.1) is 0 Å². The molecular weight excluding hydrogens is 182 g/mol. The van der Waals surface area contributed by atoms with Crippen LogP contribution >= 0.6 is 0 Å². The molecule has 0 radical (unpaired) electrons. The summed E-state index contributed by atoms with van der Waals surface area (Å²) in [4.78, 5) is 11.3. The minimum Gasteiger partial charge on any atom is -0.466 e. The minimum atomic E-state index is -0.0743. The van der Waals surface area contributed by atoms with Gasteiger partial charge in [0.25, 0.3) is 0 Å². The second-order valence-electron chi connectivity index (χ2n) is 3.63. The Bertz CT molecular complexity index is 167. The number of esters is 1. The zero-order valence-electron chi connectivity index (χ0n) is 8.75. The number of hydrogen-bond acceptors (Lipinski definition) is 4. The van der Waals surface area contributed by atoms with Crippen LogP contribution in [0.3, 0.4) is 0 Å². The standard InChI is InChI=1S/C10H19NO3/c1-13-5-2-6-14-10(12)7-9-3-4-11-8-9/h9,11H,2-8H2,1H3. The Morgan fingerprint density at radius 1 is 1.50 bits per heavy atom. The van der Waals surface area contributed by atoms with Crippen molar-refractivity contribution in [3.63, 3.8) is 0 Å². The number of carbonyl (C=O) groups excluding carboxylic acids is 1. The first kappa shape index (κ1) is 11.5. The Kier molecular flexibility index (Phi) is 5.56. The molecule has 1 aliphatic heterocycles. The molecule has 0 saturated carbocycles. The lowest BCUT2D eigenvalue weighted by Gasteiger charge is -2.08. The highest BCUT2D eigenvalue weighted by atomic mass is 16.5. The average molecular weight is 201 g/mol. The molecule has 1 rings (SSSR count). The predicted molar refractivity (Wildman–Crippen MR) is 53.0 cm³/mol. The van der Waals surface area contributed by atoms with E-state index < -0.39 is 0 Å². The van der Waals surface area contributed by atoms with E-state index in [-0.39, 0.29) is 5.97 Å². The molecule has 0 aliphatic carbocycles. The van der Waals surface area contributed by atoms with E-state index in [4.69, 9.17) is 9.47 Å². The van der Waals surface area contributed by atoms with Crippen molar-refractivity contribution in [1.82, 2.24) is 5.32 Å². The molecule has 1 unspecified atom stereocenters. The fourth-order valence-electron chi connectivity index (χ4n) is 1.57. The van der Waals surface area contributed by atoms with E-state index in [1.807, 2.05) is 0 Å². The van der Waals surface area contributed by atoms with Gasteiger partial charge in [-0.25, -0.2) is 0 Å². The van der Waals surface area contributed by atoms with Crippen LogP contribution in [0.25, 0.3) is 0 Å². The van der Waals surface area contributed by atoms with Gasteiger partial charge in [-0.05, 0) is 25.4 Å². The molecule has 82 valence electrons. The van der Waals surface area contributed by atoms with Gasteiger partial charge in [0, 0.05) is 26.6 Å². The molecule has 1 heterocycles. The molecular formula is C10H19NO3. The largest absolute Gasteiger partial charge is 0.466 e. The van der Waals surface area contributed by atoms with Crippen LogP contribution in [0.5, 0.6) is 0 Å². The van der Waals surface area contributed by atoms with E-state index in [9.17, 15) is 4.79 Å². The Labute approximate surface area is 85.0 Å². The van der Waals surface area contributed by atoms with Gasteiger partial charge >= 0.3 is 5.97 Å². The summed E-state index contributed by atoms with van der Waals surface area (Å²) in [5.74, 6) is 0.403. The van der Waals surface area contributed by atoms with Crippen molar-refractivity contribution < 1.29 is 14.3 Å². The number of methoxy groups -OCH3 is 1. The third kappa shape index (κ3) is 4.58. The molecule has 0 spiro atoms. The van der Waals surface area contributed by atoms with E-state index >= 15 is 0 Å². The van der Waals surface area contributed by atoms with Gasteiger partial charge < -0.3 is 14.8 Å². The number of hydrogen-bond donors (Lipinski definition) is 1. The predicted octanol–water partition coefficient (Wildman–Crippen LogP) is 0.566. The molecule has 4 nitrogen and oxygen atoms in total. The molecule has 1 N–H and O–H groups in total. The lowest BCUT2D eigenvalue weighted by Crippen LogP contribution is -2.15. The zero-order chi connectivity index (χ0) is 10.2. The van der Waals surface area contributed by atoms with Gasteiger partial charge in [-0.2, -0.15) is 0 Å². The van der Waals surface area contributed by atoms with Crippen LogP contribution in [-0.4, -0.2) is 39.4 Å². The van der Waals surface area contributed by atoms with Crippen molar-refractivity contribution >= 4 is 5.97 Å². The van der Waals surface area contributed by atoms with E-state index in [1.165, 1.54) is 0 Å². The number of ether oxygens (including phenoxy) is 2. The summed E-state index contributed by atoms with van der Waals surface area (Å²) in [5, 5.41) is 3.23. The van der Waals surface area contributed by atoms with Gasteiger partial charge in [0.15, 0.2) is 0 Å². The third-order valence-corrected chi connectivity index (χ3v) is 2.37. The van der Waals surface area contributed by atoms with Crippen LogP contribution in [0.4, 0.5) is 0 Å². The fourth-order valence-corrected chi connectivity index (χ4v) is 1.57. The molecule has 4 heteroatoms. The van der Waals surface area contributed by atoms with E-state index in [1.54, 1.807) is 7.11 Å². The van der Waals surface area contributed by atoms with Crippen LogP contribution in [0, 0.1) is 5.92 Å². The second-order valence-corrected chi connectivity index (χ2v) is 3.63. The molecule has 1 atom stereocenters. The maximum absolute atomic E-state index is 11.3. The van der Waals surface area contributed by atoms with Gasteiger partial charge in [-0.3, -0.25) is 4.79 Å². The van der Waals surface area contributed by atoms with Crippen LogP contribution in [0.2, 0.25) is 0 Å². The summed E-state index contributed by atoms with van der Waals surface area (Å²) in [6.45, 7) is 3.11. The Morgan fingerprint density at radius 3 is 3.00 bits per heavy atom. The van der Waals surface area contributed by atoms with Crippen molar-refractivity contribution in [2.24, 2.45) is 5.92 Å². The maximum Gasteiger partial charge on any atom is 0.306 e. The van der Waals surface area contributed by atoms with Crippen molar-refractivity contribution in [1.29, 1.82) is 0 Å². The summed E-state index contributed by atoms with van der Waals surface area (Å²) < 4.78 is 9.92. The SMILES string of the molecule is COCCCOC(=O)CC1CCNC1. The Hall–Kier alpha value is -0.610. The van der Waals surface area contributed by atoms with Gasteiger partial charge in [0.1, 0.15) is 0 Å². The minimum absolute atomic E-state index is 0.0743. The van der Waals surface area contributed by atoms with Crippen molar-refractivity contribution in [2.75, 3.05) is 33.4 Å². The van der Waals surface area contributed by atoms with Gasteiger partial charge in [0.05, 0.1) is 6.61 Å². The van der Waals surface area contributed by atoms with Crippen molar-refractivity contribution in [2.45, 2.75) is 19.3 Å². The number of nitrogens with one attached hydrogen (secondary N) is 1. The van der Waals surface area contributed by atoms with Crippen LogP contribution < -0.4 is 5.32 Å². The Balaban J connectivity index is 1.98.